The molecule has 3 aromatic rings. The first kappa shape index (κ1) is 18.7. The summed E-state index contributed by atoms with van der Waals surface area (Å²) in [6.45, 7) is 3.90. The molecule has 0 saturated heterocycles. The summed E-state index contributed by atoms with van der Waals surface area (Å²) in [5.41, 5.74) is -0.501. The van der Waals surface area contributed by atoms with E-state index in [0.717, 1.165) is 25.7 Å². The Morgan fingerprint density at radius 1 is 1.27 bits per heavy atom. The molecule has 0 spiro atoms. The van der Waals surface area contributed by atoms with Crippen molar-refractivity contribution in [2.75, 3.05) is 0 Å². The number of fused-ring (bicyclic) bond motifs is 1. The van der Waals surface area contributed by atoms with E-state index in [9.17, 15) is 14.4 Å². The molecule has 1 unspecified atom stereocenters. The number of aromatic nitrogens is 5. The Bertz CT molecular complexity index is 1250. The molecule has 10 nitrogen and oxygen atoms in total. The number of pyridine rings is 1. The van der Waals surface area contributed by atoms with Crippen molar-refractivity contribution in [2.24, 2.45) is 5.92 Å². The smallest absolute Gasteiger partial charge is 0.330 e. The minimum atomic E-state index is -0.555. The Balaban J connectivity index is 1.45. The molecule has 156 valence electrons. The van der Waals surface area contributed by atoms with Gasteiger partial charge in [0.25, 0.3) is 11.5 Å². The second-order valence-corrected chi connectivity index (χ2v) is 8.42. The molecule has 1 amide bonds. The van der Waals surface area contributed by atoms with Crippen molar-refractivity contribution >= 4 is 16.9 Å². The van der Waals surface area contributed by atoms with Gasteiger partial charge in [-0.2, -0.15) is 4.98 Å². The average molecular weight is 410 g/mol. The number of aromatic amines is 1. The molecule has 2 saturated carbocycles. The average Bonchev–Trinajstić information content (AvgIpc) is 3.65. The molecule has 2 aliphatic carbocycles. The van der Waals surface area contributed by atoms with E-state index in [4.69, 9.17) is 4.52 Å². The maximum atomic E-state index is 12.9. The fourth-order valence-electron chi connectivity index (χ4n) is 3.55. The summed E-state index contributed by atoms with van der Waals surface area (Å²) >= 11 is 0. The Hall–Kier alpha value is -3.30. The summed E-state index contributed by atoms with van der Waals surface area (Å²) in [6.07, 6.45) is 5.24. The number of nitrogens with zero attached hydrogens (tertiary/aromatic N) is 4. The van der Waals surface area contributed by atoms with Crippen molar-refractivity contribution in [3.8, 4) is 0 Å². The Labute approximate surface area is 170 Å². The molecule has 5 rings (SSSR count). The number of H-pyrrole nitrogens is 1. The van der Waals surface area contributed by atoms with E-state index >= 15 is 0 Å². The van der Waals surface area contributed by atoms with Gasteiger partial charge in [0.05, 0.1) is 10.9 Å². The van der Waals surface area contributed by atoms with Crippen molar-refractivity contribution in [3.63, 3.8) is 0 Å². The van der Waals surface area contributed by atoms with Gasteiger partial charge in [0.15, 0.2) is 5.82 Å². The van der Waals surface area contributed by atoms with Crippen molar-refractivity contribution in [1.82, 2.24) is 30.0 Å². The lowest BCUT2D eigenvalue weighted by Crippen LogP contribution is -2.33. The number of hydrogen-bond donors (Lipinski definition) is 2. The zero-order valence-electron chi connectivity index (χ0n) is 16.7. The third kappa shape index (κ3) is 3.31. The van der Waals surface area contributed by atoms with E-state index in [-0.39, 0.29) is 22.9 Å². The summed E-state index contributed by atoms with van der Waals surface area (Å²) in [5, 5.41) is 7.15. The van der Waals surface area contributed by atoms with Crippen molar-refractivity contribution in [2.45, 2.75) is 57.5 Å². The van der Waals surface area contributed by atoms with Crippen LogP contribution in [0.25, 0.3) is 11.0 Å². The van der Waals surface area contributed by atoms with E-state index in [1.165, 1.54) is 16.8 Å². The highest BCUT2D eigenvalue weighted by atomic mass is 16.5. The lowest BCUT2D eigenvalue weighted by Gasteiger charge is -2.18. The third-order valence-corrected chi connectivity index (χ3v) is 5.57. The van der Waals surface area contributed by atoms with Crippen LogP contribution in [0.3, 0.4) is 0 Å². The van der Waals surface area contributed by atoms with Crippen LogP contribution in [0, 0.1) is 5.92 Å². The van der Waals surface area contributed by atoms with Crippen LogP contribution in [0.2, 0.25) is 0 Å². The first-order chi connectivity index (χ1) is 14.4. The highest BCUT2D eigenvalue weighted by molar-refractivity contribution is 5.96. The molecule has 0 bridgehead atoms. The van der Waals surface area contributed by atoms with Crippen LogP contribution in [-0.2, 0) is 0 Å². The maximum Gasteiger partial charge on any atom is 0.330 e. The minimum absolute atomic E-state index is 0.0123. The molecule has 0 aromatic carbocycles. The predicted molar refractivity (Wildman–Crippen MR) is 106 cm³/mol. The van der Waals surface area contributed by atoms with E-state index in [2.05, 4.69) is 25.4 Å². The molecule has 0 radical (unpaired) electrons. The highest BCUT2D eigenvalue weighted by Crippen LogP contribution is 2.39. The molecule has 1 atom stereocenters. The topological polar surface area (TPSA) is 136 Å². The first-order valence-corrected chi connectivity index (χ1v) is 10.2. The molecular formula is C20H22N6O4. The molecule has 10 heteroatoms. The number of carbonyl (C=O) groups is 1. The Kier molecular flexibility index (Phi) is 4.30. The largest absolute Gasteiger partial charge is 0.340 e. The molecule has 3 heterocycles. The molecule has 2 fully saturated rings. The van der Waals surface area contributed by atoms with Crippen LogP contribution in [-0.4, -0.2) is 30.6 Å². The summed E-state index contributed by atoms with van der Waals surface area (Å²) in [6, 6.07) is 1.05. The van der Waals surface area contributed by atoms with Gasteiger partial charge in [-0.1, -0.05) is 19.0 Å². The lowest BCUT2D eigenvalue weighted by molar-refractivity contribution is 0.0913. The van der Waals surface area contributed by atoms with Crippen LogP contribution in [0.5, 0.6) is 0 Å². The number of amides is 1. The van der Waals surface area contributed by atoms with E-state index in [1.807, 2.05) is 13.8 Å². The van der Waals surface area contributed by atoms with Crippen molar-refractivity contribution < 1.29 is 9.32 Å². The molecule has 2 aliphatic rings. The van der Waals surface area contributed by atoms with Gasteiger partial charge in [-0.05, 0) is 37.7 Å². The minimum Gasteiger partial charge on any atom is -0.340 e. The molecule has 0 aliphatic heterocycles. The normalized spacial score (nSPS) is 17.4. The van der Waals surface area contributed by atoms with Gasteiger partial charge < -0.3 is 9.84 Å². The summed E-state index contributed by atoms with van der Waals surface area (Å²) in [5.74, 6) is 1.01. The Morgan fingerprint density at radius 3 is 2.70 bits per heavy atom. The van der Waals surface area contributed by atoms with Gasteiger partial charge in [-0.25, -0.2) is 9.78 Å². The van der Waals surface area contributed by atoms with Crippen molar-refractivity contribution in [3.05, 3.63) is 50.4 Å². The van der Waals surface area contributed by atoms with Crippen LogP contribution in [0.15, 0.2) is 26.4 Å². The standard InChI is InChI=1S/C20H22N6O4/c1-9(2)14(19-23-15(25-30-19)10-3-4-10)22-17(27)11-7-13-16(21-8-11)26(12-5-6-12)20(29)24-18(13)28/h7-10,12,14H,3-6H2,1-2H3,(H,22,27)(H,24,28,29). The zero-order chi connectivity index (χ0) is 21.0. The highest BCUT2D eigenvalue weighted by Gasteiger charge is 2.32. The van der Waals surface area contributed by atoms with E-state index < -0.39 is 23.2 Å². The zero-order valence-corrected chi connectivity index (χ0v) is 16.7. The molecule has 3 aromatic heterocycles. The molecule has 30 heavy (non-hydrogen) atoms. The maximum absolute atomic E-state index is 12.9. The fraction of sp³-hybridized carbons (Fsp3) is 0.500. The SMILES string of the molecule is CC(C)C(NC(=O)c1cnc2c(c1)c(=O)[nH]c(=O)n2C1CC1)c1nc(C2CC2)no1. The van der Waals surface area contributed by atoms with Gasteiger partial charge in [0.1, 0.15) is 11.7 Å². The quantitative estimate of drug-likeness (QED) is 0.632. The third-order valence-electron chi connectivity index (χ3n) is 5.57. The lowest BCUT2D eigenvalue weighted by atomic mass is 10.0. The van der Waals surface area contributed by atoms with Crippen LogP contribution in [0.4, 0.5) is 0 Å². The van der Waals surface area contributed by atoms with Gasteiger partial charge >= 0.3 is 5.69 Å². The first-order valence-electron chi connectivity index (χ1n) is 10.2. The summed E-state index contributed by atoms with van der Waals surface area (Å²) in [7, 11) is 0. The summed E-state index contributed by atoms with van der Waals surface area (Å²) < 4.78 is 6.89. The summed E-state index contributed by atoms with van der Waals surface area (Å²) in [4.78, 5) is 48.4. The van der Waals surface area contributed by atoms with Crippen LogP contribution in [0.1, 0.15) is 79.6 Å². The van der Waals surface area contributed by atoms with Crippen LogP contribution < -0.4 is 16.6 Å². The van der Waals surface area contributed by atoms with Crippen LogP contribution >= 0.6 is 0 Å². The second-order valence-electron chi connectivity index (χ2n) is 8.42. The Morgan fingerprint density at radius 2 is 2.03 bits per heavy atom. The van der Waals surface area contributed by atoms with Gasteiger partial charge in [0, 0.05) is 18.2 Å². The van der Waals surface area contributed by atoms with Gasteiger partial charge in [0.2, 0.25) is 5.89 Å². The number of hydrogen-bond acceptors (Lipinski definition) is 7. The molecular weight excluding hydrogens is 388 g/mol. The van der Waals surface area contributed by atoms with Gasteiger partial charge in [-0.15, -0.1) is 0 Å². The number of rotatable bonds is 6. The monoisotopic (exact) mass is 410 g/mol. The number of nitrogens with one attached hydrogen (secondary N) is 2. The fourth-order valence-corrected chi connectivity index (χ4v) is 3.55. The van der Waals surface area contributed by atoms with Gasteiger partial charge in [-0.3, -0.25) is 19.1 Å². The van der Waals surface area contributed by atoms with Crippen molar-refractivity contribution in [1.29, 1.82) is 0 Å². The molecule has 2 N–H and O–H groups in total. The predicted octanol–water partition coefficient (Wildman–Crippen LogP) is 1.81. The number of carbonyl (C=O) groups excluding carboxylic acids is 1. The van der Waals surface area contributed by atoms with E-state index in [0.29, 0.717) is 23.3 Å². The second kappa shape index (κ2) is 6.89. The van der Waals surface area contributed by atoms with E-state index in [1.54, 1.807) is 0 Å².